The number of nitrogens with zero attached hydrogens (tertiary/aromatic N) is 1. The normalized spacial score (nSPS) is 10.2. The highest BCUT2D eigenvalue weighted by molar-refractivity contribution is 7.20. The van der Waals surface area contributed by atoms with Crippen LogP contribution in [0.3, 0.4) is 0 Å². The van der Waals surface area contributed by atoms with Gasteiger partial charge in [0.25, 0.3) is 11.6 Å². The number of amides is 1. The molecular weight excluding hydrogens is 339 g/mol. The van der Waals surface area contributed by atoms with Gasteiger partial charge in [0.2, 0.25) is 0 Å². The molecule has 2 aromatic rings. The number of nitrogens with one attached hydrogen (secondary N) is 1. The number of benzene rings is 1. The lowest BCUT2D eigenvalue weighted by Crippen LogP contribution is -2.12. The first-order chi connectivity index (χ1) is 9.92. The van der Waals surface area contributed by atoms with E-state index in [0.29, 0.717) is 10.1 Å². The van der Waals surface area contributed by atoms with E-state index in [1.165, 1.54) is 31.4 Å². The molecule has 0 bridgehead atoms. The highest BCUT2D eigenvalue weighted by Gasteiger charge is 2.18. The number of hydrogen-bond acceptors (Lipinski definition) is 5. The molecule has 1 aromatic heterocycles. The van der Waals surface area contributed by atoms with E-state index in [4.69, 9.17) is 27.9 Å². The molecule has 1 aromatic carbocycles. The predicted octanol–water partition coefficient (Wildman–Crippen LogP) is 4.22. The van der Waals surface area contributed by atoms with Gasteiger partial charge in [-0.2, -0.15) is 0 Å². The highest BCUT2D eigenvalue weighted by atomic mass is 35.5. The monoisotopic (exact) mass is 346 g/mol. The summed E-state index contributed by atoms with van der Waals surface area (Å²) >= 11 is 12.7. The molecule has 21 heavy (non-hydrogen) atoms. The fourth-order valence-electron chi connectivity index (χ4n) is 1.59. The molecule has 0 atom stereocenters. The number of non-ortho nitro benzene ring substituents is 1. The quantitative estimate of drug-likeness (QED) is 0.663. The molecule has 0 saturated heterocycles. The molecule has 0 aliphatic rings. The fourth-order valence-corrected chi connectivity index (χ4v) is 3.05. The number of halogens is 2. The number of hydrogen-bond donors (Lipinski definition) is 1. The Hall–Kier alpha value is -1.83. The van der Waals surface area contributed by atoms with Gasteiger partial charge >= 0.3 is 0 Å². The van der Waals surface area contributed by atoms with Crippen molar-refractivity contribution in [1.82, 2.24) is 0 Å². The van der Waals surface area contributed by atoms with Gasteiger partial charge in [-0.25, -0.2) is 0 Å². The molecule has 6 nitrogen and oxygen atoms in total. The second-order valence-electron chi connectivity index (χ2n) is 3.83. The van der Waals surface area contributed by atoms with Crippen LogP contribution in [0.15, 0.2) is 24.3 Å². The Balaban J connectivity index is 2.33. The number of ether oxygens (including phenoxy) is 1. The smallest absolute Gasteiger partial charge is 0.271 e. The molecule has 0 aliphatic heterocycles. The van der Waals surface area contributed by atoms with Crippen LogP contribution in [0.1, 0.15) is 10.4 Å². The van der Waals surface area contributed by atoms with Crippen LogP contribution in [-0.4, -0.2) is 17.9 Å². The average Bonchev–Trinajstić information content (AvgIpc) is 2.77. The zero-order valence-electron chi connectivity index (χ0n) is 10.6. The largest absolute Gasteiger partial charge is 0.495 e. The Bertz CT molecular complexity index is 717. The summed E-state index contributed by atoms with van der Waals surface area (Å²) in [6, 6.07) is 5.31. The lowest BCUT2D eigenvalue weighted by atomic mass is 10.2. The number of anilines is 1. The van der Waals surface area contributed by atoms with Crippen molar-refractivity contribution >= 4 is 51.8 Å². The minimum Gasteiger partial charge on any atom is -0.495 e. The SMILES string of the molecule is COc1ccc([N+](=O)[O-])cc1NC(=O)c1cc(Cl)sc1Cl. The maximum atomic E-state index is 12.1. The van der Waals surface area contributed by atoms with Crippen LogP contribution in [0.5, 0.6) is 5.75 Å². The first-order valence-electron chi connectivity index (χ1n) is 5.51. The first-order valence-corrected chi connectivity index (χ1v) is 7.08. The number of methoxy groups -OCH3 is 1. The van der Waals surface area contributed by atoms with E-state index in [1.54, 1.807) is 0 Å². The van der Waals surface area contributed by atoms with Crippen molar-refractivity contribution in [1.29, 1.82) is 0 Å². The van der Waals surface area contributed by atoms with Crippen LogP contribution in [0.2, 0.25) is 8.67 Å². The molecule has 2 rings (SSSR count). The molecule has 0 aliphatic carbocycles. The minimum absolute atomic E-state index is 0.166. The van der Waals surface area contributed by atoms with E-state index in [9.17, 15) is 14.9 Å². The van der Waals surface area contributed by atoms with E-state index in [-0.39, 0.29) is 21.3 Å². The third kappa shape index (κ3) is 3.44. The lowest BCUT2D eigenvalue weighted by Gasteiger charge is -2.09. The third-order valence-corrected chi connectivity index (χ3v) is 4.03. The summed E-state index contributed by atoms with van der Waals surface area (Å²) in [5, 5.41) is 13.3. The van der Waals surface area contributed by atoms with E-state index >= 15 is 0 Å². The Morgan fingerprint density at radius 2 is 2.10 bits per heavy atom. The summed E-state index contributed by atoms with van der Waals surface area (Å²) in [6.45, 7) is 0. The standard InChI is InChI=1S/C12H8Cl2N2O4S/c1-20-9-3-2-6(16(18)19)4-8(9)15-12(17)7-5-10(13)21-11(7)14/h2-5H,1H3,(H,15,17). The molecule has 0 fully saturated rings. The molecule has 0 radical (unpaired) electrons. The van der Waals surface area contributed by atoms with Gasteiger partial charge in [0.05, 0.1) is 27.6 Å². The molecular formula is C12H8Cl2N2O4S. The molecule has 1 N–H and O–H groups in total. The number of rotatable bonds is 4. The fraction of sp³-hybridized carbons (Fsp3) is 0.0833. The van der Waals surface area contributed by atoms with Crippen molar-refractivity contribution in [2.24, 2.45) is 0 Å². The van der Waals surface area contributed by atoms with E-state index < -0.39 is 10.8 Å². The van der Waals surface area contributed by atoms with Crippen LogP contribution >= 0.6 is 34.5 Å². The Morgan fingerprint density at radius 3 is 2.62 bits per heavy atom. The zero-order chi connectivity index (χ0) is 15.6. The highest BCUT2D eigenvalue weighted by Crippen LogP contribution is 2.33. The number of thiophene rings is 1. The summed E-state index contributed by atoms with van der Waals surface area (Å²) in [7, 11) is 1.39. The van der Waals surface area contributed by atoms with Gasteiger partial charge in [-0.3, -0.25) is 14.9 Å². The third-order valence-electron chi connectivity index (χ3n) is 2.54. The van der Waals surface area contributed by atoms with Crippen LogP contribution in [0.25, 0.3) is 0 Å². The average molecular weight is 347 g/mol. The maximum absolute atomic E-state index is 12.1. The predicted molar refractivity (Wildman–Crippen MR) is 81.9 cm³/mol. The molecule has 0 saturated carbocycles. The Labute approximate surface area is 133 Å². The Morgan fingerprint density at radius 1 is 1.38 bits per heavy atom. The number of nitro groups is 1. The van der Waals surface area contributed by atoms with Crippen LogP contribution in [0.4, 0.5) is 11.4 Å². The maximum Gasteiger partial charge on any atom is 0.271 e. The van der Waals surface area contributed by atoms with Gasteiger partial charge in [0, 0.05) is 12.1 Å². The van der Waals surface area contributed by atoms with Crippen molar-refractivity contribution in [3.63, 3.8) is 0 Å². The van der Waals surface area contributed by atoms with Gasteiger partial charge in [-0.15, -0.1) is 11.3 Å². The van der Waals surface area contributed by atoms with Crippen LogP contribution in [0, 0.1) is 10.1 Å². The van der Waals surface area contributed by atoms with Gasteiger partial charge in [-0.1, -0.05) is 23.2 Å². The molecule has 110 valence electrons. The van der Waals surface area contributed by atoms with Crippen molar-refractivity contribution in [2.75, 3.05) is 12.4 Å². The number of carbonyl (C=O) groups excluding carboxylic acids is 1. The topological polar surface area (TPSA) is 81.5 Å². The summed E-state index contributed by atoms with van der Waals surface area (Å²) in [5.41, 5.74) is 0.205. The van der Waals surface area contributed by atoms with E-state index in [1.807, 2.05) is 0 Å². The van der Waals surface area contributed by atoms with Crippen molar-refractivity contribution in [3.05, 3.63) is 48.6 Å². The van der Waals surface area contributed by atoms with Gasteiger partial charge < -0.3 is 10.1 Å². The number of nitro benzene ring substituents is 1. The van der Waals surface area contributed by atoms with Crippen molar-refractivity contribution < 1.29 is 14.5 Å². The summed E-state index contributed by atoms with van der Waals surface area (Å²) in [6.07, 6.45) is 0. The molecule has 0 unspecified atom stereocenters. The van der Waals surface area contributed by atoms with Gasteiger partial charge in [0.15, 0.2) is 0 Å². The summed E-state index contributed by atoms with van der Waals surface area (Å²) < 4.78 is 5.67. The first kappa shape index (κ1) is 15.6. The molecule has 0 spiro atoms. The summed E-state index contributed by atoms with van der Waals surface area (Å²) in [5.74, 6) is -0.228. The van der Waals surface area contributed by atoms with Gasteiger partial charge in [0.1, 0.15) is 10.1 Å². The number of carbonyl (C=O) groups is 1. The Kier molecular flexibility index (Phi) is 4.66. The van der Waals surface area contributed by atoms with Gasteiger partial charge in [-0.05, 0) is 12.1 Å². The second-order valence-corrected chi connectivity index (χ2v) is 6.12. The lowest BCUT2D eigenvalue weighted by molar-refractivity contribution is -0.384. The van der Waals surface area contributed by atoms with Crippen molar-refractivity contribution in [3.8, 4) is 5.75 Å². The molecule has 9 heteroatoms. The van der Waals surface area contributed by atoms with E-state index in [2.05, 4.69) is 5.32 Å². The minimum atomic E-state index is -0.566. The zero-order valence-corrected chi connectivity index (χ0v) is 12.9. The van der Waals surface area contributed by atoms with Crippen LogP contribution < -0.4 is 10.1 Å². The van der Waals surface area contributed by atoms with Crippen molar-refractivity contribution in [2.45, 2.75) is 0 Å². The second kappa shape index (κ2) is 6.30. The summed E-state index contributed by atoms with van der Waals surface area (Å²) in [4.78, 5) is 22.3. The molecule has 1 heterocycles. The van der Waals surface area contributed by atoms with E-state index in [0.717, 1.165) is 11.3 Å². The van der Waals surface area contributed by atoms with Crippen LogP contribution in [-0.2, 0) is 0 Å². The molecule has 1 amide bonds.